The van der Waals surface area contributed by atoms with E-state index in [9.17, 15) is 4.79 Å². The summed E-state index contributed by atoms with van der Waals surface area (Å²) in [5, 5.41) is 0.0757. The summed E-state index contributed by atoms with van der Waals surface area (Å²) < 4.78 is 12.4. The number of rotatable bonds is 7. The molecule has 3 atom stereocenters. The average molecular weight is 448 g/mol. The molecular formula is C24H37NO3SSi. The fraction of sp³-hybridized carbons (Fsp3) is 0.667. The first kappa shape index (κ1) is 23.4. The maximum absolute atomic E-state index is 12.9. The predicted octanol–water partition coefficient (Wildman–Crippen LogP) is 5.74. The number of ether oxygens (including phenoxy) is 1. The molecule has 1 saturated heterocycles. The molecule has 1 heterocycles. The first-order chi connectivity index (χ1) is 13.9. The van der Waals surface area contributed by atoms with Gasteiger partial charge in [0.25, 0.3) is 0 Å². The maximum atomic E-state index is 12.9. The Hall–Kier alpha value is -1.24. The zero-order valence-electron chi connectivity index (χ0n) is 19.5. The van der Waals surface area contributed by atoms with E-state index in [1.54, 1.807) is 0 Å². The monoisotopic (exact) mass is 447 g/mol. The number of thiocarbonyl (C=S) groups is 1. The van der Waals surface area contributed by atoms with Crippen molar-refractivity contribution in [2.75, 3.05) is 13.2 Å². The van der Waals surface area contributed by atoms with Crippen molar-refractivity contribution in [1.29, 1.82) is 0 Å². The Morgan fingerprint density at radius 1 is 1.27 bits per heavy atom. The summed E-state index contributed by atoms with van der Waals surface area (Å²) in [4.78, 5) is 16.1. The van der Waals surface area contributed by atoms with E-state index in [2.05, 4.69) is 70.0 Å². The van der Waals surface area contributed by atoms with E-state index in [1.807, 2.05) is 13.0 Å². The van der Waals surface area contributed by atoms with Gasteiger partial charge in [-0.15, -0.1) is 0 Å². The van der Waals surface area contributed by atoms with E-state index in [1.165, 1.54) is 5.56 Å². The molecular weight excluding hydrogens is 410 g/mol. The van der Waals surface area contributed by atoms with Crippen LogP contribution in [0.3, 0.4) is 0 Å². The van der Waals surface area contributed by atoms with Crippen LogP contribution in [-0.4, -0.2) is 43.4 Å². The number of carbonyl (C=O) groups excluding carboxylic acids is 1. The Balaban J connectivity index is 1.94. The number of nitrogens with zero attached hydrogens (tertiary/aromatic N) is 1. The van der Waals surface area contributed by atoms with E-state index in [0.717, 1.165) is 24.4 Å². The van der Waals surface area contributed by atoms with Crippen LogP contribution in [0.4, 0.5) is 0 Å². The summed E-state index contributed by atoms with van der Waals surface area (Å²) in [6, 6.07) is 10.6. The molecule has 3 rings (SSSR count). The molecule has 1 saturated carbocycles. The minimum atomic E-state index is -2.07. The van der Waals surface area contributed by atoms with Gasteiger partial charge in [0, 0.05) is 12.5 Å². The van der Waals surface area contributed by atoms with Crippen LogP contribution in [0.2, 0.25) is 18.1 Å². The van der Waals surface area contributed by atoms with Gasteiger partial charge in [0.05, 0.1) is 18.1 Å². The molecule has 1 aromatic carbocycles. The normalized spacial score (nSPS) is 24.6. The van der Waals surface area contributed by atoms with Gasteiger partial charge < -0.3 is 14.1 Å². The number of hydrogen-bond donors (Lipinski definition) is 0. The quantitative estimate of drug-likeness (QED) is 0.303. The van der Waals surface area contributed by atoms with Gasteiger partial charge in [-0.2, -0.15) is 0 Å². The highest BCUT2D eigenvalue weighted by atomic mass is 32.1. The van der Waals surface area contributed by atoms with Crippen LogP contribution >= 0.6 is 12.2 Å². The second-order valence-electron chi connectivity index (χ2n) is 10.4. The number of benzene rings is 1. The second kappa shape index (κ2) is 8.36. The number of hydrogen-bond acceptors (Lipinski definition) is 4. The summed E-state index contributed by atoms with van der Waals surface area (Å²) in [6.07, 6.45) is 1.52. The highest BCUT2D eigenvalue weighted by Crippen LogP contribution is 2.58. The molecule has 0 amide bonds. The Kier molecular flexibility index (Phi) is 6.53. The lowest BCUT2D eigenvalue weighted by atomic mass is 9.86. The molecule has 2 fully saturated rings. The van der Waals surface area contributed by atoms with Crippen molar-refractivity contribution in [2.24, 2.45) is 11.3 Å². The summed E-state index contributed by atoms with van der Waals surface area (Å²) in [7, 11) is -2.07. The Bertz CT molecular complexity index is 785. The third-order valence-electron chi connectivity index (χ3n) is 7.44. The van der Waals surface area contributed by atoms with Gasteiger partial charge in [-0.3, -0.25) is 4.79 Å². The largest absolute Gasteiger partial charge is 0.466 e. The van der Waals surface area contributed by atoms with E-state index >= 15 is 0 Å². The maximum Gasteiger partial charge on any atom is 0.312 e. The zero-order valence-corrected chi connectivity index (χ0v) is 21.3. The highest BCUT2D eigenvalue weighted by molar-refractivity contribution is 7.80. The minimum absolute atomic E-state index is 0.0457. The van der Waals surface area contributed by atoms with Crippen LogP contribution in [0, 0.1) is 11.3 Å². The first-order valence-corrected chi connectivity index (χ1v) is 14.5. The SMILES string of the molecule is CCOC(=O)C1(C2CN([C@@H](C)c3ccccc3)C(=S)C2O[Si](C)(C)C(C)(C)C)CC1. The van der Waals surface area contributed by atoms with Gasteiger partial charge in [0.1, 0.15) is 11.1 Å². The first-order valence-electron chi connectivity index (χ1n) is 11.1. The van der Waals surface area contributed by atoms with E-state index < -0.39 is 13.7 Å². The Morgan fingerprint density at radius 2 is 1.87 bits per heavy atom. The van der Waals surface area contributed by atoms with Crippen molar-refractivity contribution in [2.45, 2.75) is 77.7 Å². The van der Waals surface area contributed by atoms with Crippen molar-refractivity contribution in [3.8, 4) is 0 Å². The third kappa shape index (κ3) is 4.23. The molecule has 0 bridgehead atoms. The van der Waals surface area contributed by atoms with Crippen molar-refractivity contribution in [1.82, 2.24) is 4.90 Å². The molecule has 0 N–H and O–H groups in total. The van der Waals surface area contributed by atoms with Crippen molar-refractivity contribution in [3.63, 3.8) is 0 Å². The predicted molar refractivity (Wildman–Crippen MR) is 128 cm³/mol. The minimum Gasteiger partial charge on any atom is -0.466 e. The smallest absolute Gasteiger partial charge is 0.312 e. The lowest BCUT2D eigenvalue weighted by Crippen LogP contribution is -2.49. The molecule has 4 nitrogen and oxygen atoms in total. The molecule has 30 heavy (non-hydrogen) atoms. The van der Waals surface area contributed by atoms with Crippen LogP contribution in [-0.2, 0) is 14.0 Å². The van der Waals surface area contributed by atoms with Gasteiger partial charge in [-0.25, -0.2) is 0 Å². The number of carbonyl (C=O) groups is 1. The molecule has 2 unspecified atom stereocenters. The molecule has 1 aromatic rings. The van der Waals surface area contributed by atoms with Gasteiger partial charge >= 0.3 is 5.97 Å². The summed E-state index contributed by atoms with van der Waals surface area (Å²) >= 11 is 6.02. The van der Waals surface area contributed by atoms with Crippen molar-refractivity contribution < 1.29 is 14.0 Å². The average Bonchev–Trinajstić information content (AvgIpc) is 3.42. The standard InChI is InChI=1S/C24H37NO3SSi/c1-8-27-22(26)24(14-15-24)19-16-25(17(2)18-12-10-9-11-13-18)21(29)20(19)28-30(6,7)23(3,4)5/h9-13,17,19-20H,8,14-16H2,1-7H3/t17-,19?,20?/m0/s1. The molecule has 166 valence electrons. The van der Waals surface area contributed by atoms with Crippen LogP contribution in [0.5, 0.6) is 0 Å². The number of likely N-dealkylation sites (tertiary alicyclic amines) is 1. The number of esters is 1. The van der Waals surface area contributed by atoms with E-state index in [4.69, 9.17) is 21.4 Å². The van der Waals surface area contributed by atoms with Crippen molar-refractivity contribution >= 4 is 31.5 Å². The lowest BCUT2D eigenvalue weighted by molar-refractivity contribution is -0.153. The lowest BCUT2D eigenvalue weighted by Gasteiger charge is -2.40. The van der Waals surface area contributed by atoms with E-state index in [-0.39, 0.29) is 29.1 Å². The molecule has 1 aliphatic carbocycles. The fourth-order valence-corrected chi connectivity index (χ4v) is 6.02. The fourth-order valence-electron chi connectivity index (χ4n) is 4.22. The van der Waals surface area contributed by atoms with Crippen molar-refractivity contribution in [3.05, 3.63) is 35.9 Å². The molecule has 0 aromatic heterocycles. The molecule has 1 aliphatic heterocycles. The van der Waals surface area contributed by atoms with Gasteiger partial charge in [-0.05, 0) is 50.4 Å². The Morgan fingerprint density at radius 3 is 2.37 bits per heavy atom. The summed E-state index contributed by atoms with van der Waals surface area (Å²) in [5.41, 5.74) is 0.783. The van der Waals surface area contributed by atoms with Crippen LogP contribution in [0.1, 0.15) is 59.1 Å². The van der Waals surface area contributed by atoms with Gasteiger partial charge in [0.2, 0.25) is 0 Å². The van der Waals surface area contributed by atoms with E-state index in [0.29, 0.717) is 6.61 Å². The zero-order chi connectivity index (χ0) is 22.3. The molecule has 6 heteroatoms. The van der Waals surface area contributed by atoms with Crippen LogP contribution < -0.4 is 0 Å². The molecule has 0 radical (unpaired) electrons. The Labute approximate surface area is 188 Å². The third-order valence-corrected chi connectivity index (χ3v) is 12.4. The summed E-state index contributed by atoms with van der Waals surface area (Å²) in [5.74, 6) is -0.0276. The van der Waals surface area contributed by atoms with Gasteiger partial charge in [-0.1, -0.05) is 63.3 Å². The highest BCUT2D eigenvalue weighted by Gasteiger charge is 2.63. The van der Waals surface area contributed by atoms with Crippen LogP contribution in [0.25, 0.3) is 0 Å². The van der Waals surface area contributed by atoms with Crippen LogP contribution in [0.15, 0.2) is 30.3 Å². The topological polar surface area (TPSA) is 38.8 Å². The molecule has 0 spiro atoms. The molecule has 2 aliphatic rings. The van der Waals surface area contributed by atoms with Gasteiger partial charge in [0.15, 0.2) is 8.32 Å². The summed E-state index contributed by atoms with van der Waals surface area (Å²) in [6.45, 7) is 16.5. The second-order valence-corrected chi connectivity index (χ2v) is 15.5.